The van der Waals surface area contributed by atoms with Crippen molar-refractivity contribution in [2.45, 2.75) is 36.8 Å². The van der Waals surface area contributed by atoms with Crippen LogP contribution in [0, 0.1) is 0 Å². The van der Waals surface area contributed by atoms with E-state index in [2.05, 4.69) is 4.98 Å². The van der Waals surface area contributed by atoms with Gasteiger partial charge in [-0.1, -0.05) is 0 Å². The van der Waals surface area contributed by atoms with Gasteiger partial charge in [0, 0.05) is 25.8 Å². The van der Waals surface area contributed by atoms with Gasteiger partial charge in [-0.05, 0) is 31.9 Å². The zero-order valence-electron chi connectivity index (χ0n) is 10.9. The fraction of sp³-hybridized carbons (Fsp3) is 0.583. The van der Waals surface area contributed by atoms with Crippen LogP contribution in [0.25, 0.3) is 0 Å². The molecule has 1 aromatic rings. The Bertz CT molecular complexity index is 530. The standard InChI is InChI=1S/C12H19N3O3S/c1-12(16)4-6-15(7-5-12)19(17,18)11-3-2-10(8-13)14-9-11/h2-3,9,16H,4-8,13H2,1H3. The Morgan fingerprint density at radius 3 is 2.53 bits per heavy atom. The SMILES string of the molecule is CC1(O)CCN(S(=O)(=O)c2ccc(CN)nc2)CC1. The summed E-state index contributed by atoms with van der Waals surface area (Å²) in [5.74, 6) is 0. The number of nitrogens with two attached hydrogens (primary N) is 1. The van der Waals surface area contributed by atoms with E-state index in [0.717, 1.165) is 0 Å². The first kappa shape index (κ1) is 14.4. The number of pyridine rings is 1. The van der Waals surface area contributed by atoms with Crippen LogP contribution < -0.4 is 5.73 Å². The molecule has 1 aliphatic rings. The van der Waals surface area contributed by atoms with E-state index in [1.165, 1.54) is 16.6 Å². The fourth-order valence-electron chi connectivity index (χ4n) is 2.04. The summed E-state index contributed by atoms with van der Waals surface area (Å²) < 4.78 is 26.1. The summed E-state index contributed by atoms with van der Waals surface area (Å²) in [5, 5.41) is 9.85. The Labute approximate surface area is 113 Å². The first-order valence-electron chi connectivity index (χ1n) is 6.23. The first-order chi connectivity index (χ1) is 8.85. The lowest BCUT2D eigenvalue weighted by Crippen LogP contribution is -2.45. The minimum absolute atomic E-state index is 0.172. The molecule has 0 bridgehead atoms. The number of aromatic nitrogens is 1. The molecule has 0 radical (unpaired) electrons. The van der Waals surface area contributed by atoms with Gasteiger partial charge in [0.1, 0.15) is 4.90 Å². The second kappa shape index (κ2) is 5.16. The fourth-order valence-corrected chi connectivity index (χ4v) is 3.43. The van der Waals surface area contributed by atoms with E-state index in [0.29, 0.717) is 31.6 Å². The van der Waals surface area contributed by atoms with Crippen LogP contribution in [-0.4, -0.2) is 41.5 Å². The van der Waals surface area contributed by atoms with E-state index in [-0.39, 0.29) is 11.4 Å². The molecule has 3 N–H and O–H groups in total. The molecule has 2 heterocycles. The monoisotopic (exact) mass is 285 g/mol. The Hall–Kier alpha value is -1.02. The van der Waals surface area contributed by atoms with Gasteiger partial charge in [0.15, 0.2) is 0 Å². The maximum Gasteiger partial charge on any atom is 0.244 e. The Kier molecular flexibility index (Phi) is 3.91. The molecule has 0 amide bonds. The number of piperidine rings is 1. The van der Waals surface area contributed by atoms with Crippen molar-refractivity contribution in [1.82, 2.24) is 9.29 Å². The highest BCUT2D eigenvalue weighted by atomic mass is 32.2. The zero-order valence-corrected chi connectivity index (χ0v) is 11.7. The highest BCUT2D eigenvalue weighted by Crippen LogP contribution is 2.25. The number of rotatable bonds is 3. The van der Waals surface area contributed by atoms with Crippen molar-refractivity contribution >= 4 is 10.0 Å². The molecule has 1 aliphatic heterocycles. The molecule has 106 valence electrons. The van der Waals surface area contributed by atoms with Crippen molar-refractivity contribution in [3.8, 4) is 0 Å². The largest absolute Gasteiger partial charge is 0.390 e. The predicted molar refractivity (Wildman–Crippen MR) is 70.7 cm³/mol. The van der Waals surface area contributed by atoms with Crippen LogP contribution in [0.15, 0.2) is 23.2 Å². The third-order valence-electron chi connectivity index (χ3n) is 3.44. The number of hydrogen-bond acceptors (Lipinski definition) is 5. The Balaban J connectivity index is 2.18. The average Bonchev–Trinajstić information content (AvgIpc) is 2.38. The van der Waals surface area contributed by atoms with Crippen molar-refractivity contribution < 1.29 is 13.5 Å². The molecule has 0 atom stereocenters. The summed E-state index contributed by atoms with van der Waals surface area (Å²) in [5.41, 5.74) is 5.31. The minimum Gasteiger partial charge on any atom is -0.390 e. The molecule has 0 saturated carbocycles. The molecular weight excluding hydrogens is 266 g/mol. The molecule has 0 spiro atoms. The van der Waals surface area contributed by atoms with Gasteiger partial charge in [-0.15, -0.1) is 0 Å². The maximum absolute atomic E-state index is 12.4. The summed E-state index contributed by atoms with van der Waals surface area (Å²) in [7, 11) is -3.52. The van der Waals surface area contributed by atoms with Crippen LogP contribution >= 0.6 is 0 Å². The lowest BCUT2D eigenvalue weighted by molar-refractivity contribution is 0.0126. The lowest BCUT2D eigenvalue weighted by Gasteiger charge is -2.34. The number of aliphatic hydroxyl groups is 1. The van der Waals surface area contributed by atoms with Crippen LogP contribution in [-0.2, 0) is 16.6 Å². The van der Waals surface area contributed by atoms with E-state index in [4.69, 9.17) is 5.73 Å². The normalized spacial score (nSPS) is 20.4. The van der Waals surface area contributed by atoms with Crippen LogP contribution in [0.2, 0.25) is 0 Å². The number of nitrogens with zero attached hydrogens (tertiary/aromatic N) is 2. The minimum atomic E-state index is -3.52. The van der Waals surface area contributed by atoms with E-state index >= 15 is 0 Å². The summed E-state index contributed by atoms with van der Waals surface area (Å²) >= 11 is 0. The number of hydrogen-bond donors (Lipinski definition) is 2. The summed E-state index contributed by atoms with van der Waals surface area (Å²) in [4.78, 5) is 4.18. The van der Waals surface area contributed by atoms with Crippen LogP contribution in [0.3, 0.4) is 0 Å². The van der Waals surface area contributed by atoms with Crippen LogP contribution in [0.4, 0.5) is 0 Å². The Morgan fingerprint density at radius 2 is 2.05 bits per heavy atom. The van der Waals surface area contributed by atoms with E-state index in [9.17, 15) is 13.5 Å². The molecule has 0 aromatic carbocycles. The lowest BCUT2D eigenvalue weighted by atomic mass is 9.95. The van der Waals surface area contributed by atoms with Gasteiger partial charge in [0.25, 0.3) is 0 Å². The van der Waals surface area contributed by atoms with E-state index in [1.807, 2.05) is 0 Å². The van der Waals surface area contributed by atoms with Gasteiger partial charge in [0.05, 0.1) is 11.3 Å². The molecule has 0 unspecified atom stereocenters. The first-order valence-corrected chi connectivity index (χ1v) is 7.67. The van der Waals surface area contributed by atoms with Crippen molar-refractivity contribution in [3.63, 3.8) is 0 Å². The molecule has 7 heteroatoms. The molecule has 6 nitrogen and oxygen atoms in total. The molecule has 1 fully saturated rings. The molecule has 0 aliphatic carbocycles. The average molecular weight is 285 g/mol. The highest BCUT2D eigenvalue weighted by Gasteiger charge is 2.34. The summed E-state index contributed by atoms with van der Waals surface area (Å²) in [6, 6.07) is 3.14. The quantitative estimate of drug-likeness (QED) is 0.819. The predicted octanol–water partition coefficient (Wildman–Crippen LogP) is 0.0758. The second-order valence-corrected chi connectivity index (χ2v) is 7.03. The van der Waals surface area contributed by atoms with Crippen LogP contribution in [0.1, 0.15) is 25.5 Å². The van der Waals surface area contributed by atoms with Crippen molar-refractivity contribution in [2.75, 3.05) is 13.1 Å². The van der Waals surface area contributed by atoms with E-state index < -0.39 is 15.6 Å². The van der Waals surface area contributed by atoms with Crippen molar-refractivity contribution in [2.24, 2.45) is 5.73 Å². The highest BCUT2D eigenvalue weighted by molar-refractivity contribution is 7.89. The topological polar surface area (TPSA) is 96.5 Å². The van der Waals surface area contributed by atoms with Crippen LogP contribution in [0.5, 0.6) is 0 Å². The molecule has 1 aromatic heterocycles. The van der Waals surface area contributed by atoms with Gasteiger partial charge in [0.2, 0.25) is 10.0 Å². The molecular formula is C12H19N3O3S. The summed E-state index contributed by atoms with van der Waals surface area (Å²) in [6.07, 6.45) is 2.23. The van der Waals surface area contributed by atoms with Crippen molar-refractivity contribution in [3.05, 3.63) is 24.0 Å². The van der Waals surface area contributed by atoms with Gasteiger partial charge in [-0.25, -0.2) is 8.42 Å². The third-order valence-corrected chi connectivity index (χ3v) is 5.33. The number of sulfonamides is 1. The zero-order chi connectivity index (χ0) is 14.1. The second-order valence-electron chi connectivity index (χ2n) is 5.09. The van der Waals surface area contributed by atoms with Gasteiger partial charge >= 0.3 is 0 Å². The Morgan fingerprint density at radius 1 is 1.42 bits per heavy atom. The van der Waals surface area contributed by atoms with Crippen molar-refractivity contribution in [1.29, 1.82) is 0 Å². The van der Waals surface area contributed by atoms with E-state index in [1.54, 1.807) is 13.0 Å². The van der Waals surface area contributed by atoms with Gasteiger partial charge in [-0.2, -0.15) is 4.31 Å². The molecule has 2 rings (SSSR count). The summed E-state index contributed by atoms with van der Waals surface area (Å²) in [6.45, 7) is 2.67. The smallest absolute Gasteiger partial charge is 0.244 e. The molecule has 1 saturated heterocycles. The van der Waals surface area contributed by atoms with Gasteiger partial charge < -0.3 is 10.8 Å². The van der Waals surface area contributed by atoms with Gasteiger partial charge in [-0.3, -0.25) is 4.98 Å². The maximum atomic E-state index is 12.4. The molecule has 19 heavy (non-hydrogen) atoms. The third kappa shape index (κ3) is 3.11.